The van der Waals surface area contributed by atoms with Gasteiger partial charge >= 0.3 is 0 Å². The van der Waals surface area contributed by atoms with E-state index >= 15 is 0 Å². The van der Waals surface area contributed by atoms with E-state index in [1.54, 1.807) is 12.1 Å². The van der Waals surface area contributed by atoms with Crippen LogP contribution in [-0.2, 0) is 22.9 Å². The van der Waals surface area contributed by atoms with Crippen LogP contribution >= 0.6 is 12.4 Å². The molecule has 1 aliphatic carbocycles. The highest BCUT2D eigenvalue weighted by molar-refractivity contribution is 7.92. The van der Waals surface area contributed by atoms with Crippen molar-refractivity contribution in [3.63, 3.8) is 0 Å². The van der Waals surface area contributed by atoms with E-state index in [2.05, 4.69) is 43.4 Å². The maximum atomic E-state index is 12.8. The molecule has 2 aromatic rings. The van der Waals surface area contributed by atoms with Gasteiger partial charge in [-0.1, -0.05) is 45.9 Å². The zero-order valence-corrected chi connectivity index (χ0v) is 20.9. The summed E-state index contributed by atoms with van der Waals surface area (Å²) in [4.78, 5) is 2.93. The lowest BCUT2D eigenvalue weighted by atomic mass is 9.87. The van der Waals surface area contributed by atoms with Crippen molar-refractivity contribution in [2.24, 2.45) is 0 Å². The van der Waals surface area contributed by atoms with Crippen LogP contribution in [0.3, 0.4) is 0 Å². The first kappa shape index (κ1) is 25.7. The first-order valence-corrected chi connectivity index (χ1v) is 12.8. The van der Waals surface area contributed by atoms with E-state index in [4.69, 9.17) is 0 Å². The van der Waals surface area contributed by atoms with Gasteiger partial charge in [0.25, 0.3) is 10.0 Å². The minimum absolute atomic E-state index is 0. The molecule has 0 unspecified atom stereocenters. The Morgan fingerprint density at radius 3 is 2.23 bits per heavy atom. The molecule has 0 spiro atoms. The van der Waals surface area contributed by atoms with E-state index in [1.807, 2.05) is 24.3 Å². The summed E-state index contributed by atoms with van der Waals surface area (Å²) in [5, 5.41) is 0. The monoisotopic (exact) mass is 464 g/mol. The lowest BCUT2D eigenvalue weighted by molar-refractivity contribution is 0.180. The summed E-state index contributed by atoms with van der Waals surface area (Å²) in [6.07, 6.45) is 5.56. The van der Waals surface area contributed by atoms with Crippen LogP contribution in [0, 0.1) is 0 Å². The van der Waals surface area contributed by atoms with Crippen LogP contribution in [0.5, 0.6) is 0 Å². The van der Waals surface area contributed by atoms with E-state index < -0.39 is 10.0 Å². The summed E-state index contributed by atoms with van der Waals surface area (Å²) < 4.78 is 28.4. The van der Waals surface area contributed by atoms with Gasteiger partial charge in [-0.2, -0.15) is 0 Å². The fourth-order valence-electron chi connectivity index (χ4n) is 4.41. The Morgan fingerprint density at radius 1 is 1.00 bits per heavy atom. The normalized spacial score (nSPS) is 16.1. The summed E-state index contributed by atoms with van der Waals surface area (Å²) in [7, 11) is -3.58. The van der Waals surface area contributed by atoms with Crippen molar-refractivity contribution in [1.82, 2.24) is 4.90 Å². The number of rotatable bonds is 9. The van der Waals surface area contributed by atoms with E-state index in [0.717, 1.165) is 37.9 Å². The molecule has 1 aliphatic rings. The number of hydrogen-bond donors (Lipinski definition) is 1. The Balaban J connectivity index is 0.00000341. The first-order valence-electron chi connectivity index (χ1n) is 11.3. The van der Waals surface area contributed by atoms with Crippen LogP contribution in [0.25, 0.3) is 0 Å². The van der Waals surface area contributed by atoms with Crippen molar-refractivity contribution in [3.8, 4) is 0 Å². The molecular weight excluding hydrogens is 428 g/mol. The molecule has 0 aliphatic heterocycles. The van der Waals surface area contributed by atoms with Gasteiger partial charge in [0.1, 0.15) is 0 Å². The van der Waals surface area contributed by atoms with Gasteiger partial charge in [-0.05, 0) is 92.1 Å². The molecule has 0 fully saturated rings. The number of anilines is 1. The van der Waals surface area contributed by atoms with Crippen LogP contribution in [-0.4, -0.2) is 32.4 Å². The largest absolute Gasteiger partial charge is 0.300 e. The highest BCUT2D eigenvalue weighted by Gasteiger charge is 2.24. The van der Waals surface area contributed by atoms with E-state index in [-0.39, 0.29) is 12.4 Å². The molecule has 0 bridgehead atoms. The molecule has 2 aromatic carbocycles. The topological polar surface area (TPSA) is 49.4 Å². The summed E-state index contributed by atoms with van der Waals surface area (Å²) in [5.74, 6) is 0.379. The van der Waals surface area contributed by atoms with Crippen molar-refractivity contribution < 1.29 is 8.42 Å². The van der Waals surface area contributed by atoms with Crippen LogP contribution < -0.4 is 4.72 Å². The molecule has 6 heteroatoms. The van der Waals surface area contributed by atoms with Gasteiger partial charge in [0.2, 0.25) is 0 Å². The number of fused-ring (bicyclic) bond motifs is 1. The second-order valence-electron chi connectivity index (χ2n) is 8.75. The van der Waals surface area contributed by atoms with Gasteiger partial charge in [-0.25, -0.2) is 8.42 Å². The molecule has 172 valence electrons. The minimum atomic E-state index is -3.58. The average molecular weight is 465 g/mol. The molecule has 31 heavy (non-hydrogen) atoms. The molecule has 0 heterocycles. The van der Waals surface area contributed by atoms with Gasteiger partial charge in [0.15, 0.2) is 0 Å². The molecular formula is C25H37ClN2O2S. The molecule has 4 nitrogen and oxygen atoms in total. The first-order chi connectivity index (χ1) is 14.3. The van der Waals surface area contributed by atoms with Crippen molar-refractivity contribution >= 4 is 28.1 Å². The lowest BCUT2D eigenvalue weighted by Crippen LogP contribution is -2.40. The Labute approximate surface area is 194 Å². The van der Waals surface area contributed by atoms with Crippen molar-refractivity contribution in [3.05, 3.63) is 59.2 Å². The highest BCUT2D eigenvalue weighted by Crippen LogP contribution is 2.28. The van der Waals surface area contributed by atoms with E-state index in [9.17, 15) is 8.42 Å². The number of aryl methyl sites for hydroxylation is 1. The van der Waals surface area contributed by atoms with Gasteiger partial charge in [0, 0.05) is 11.7 Å². The van der Waals surface area contributed by atoms with Crippen LogP contribution in [0.1, 0.15) is 69.6 Å². The number of halogens is 1. The molecule has 3 rings (SSSR count). The lowest BCUT2D eigenvalue weighted by Gasteiger charge is -2.35. The second-order valence-corrected chi connectivity index (χ2v) is 10.4. The van der Waals surface area contributed by atoms with Crippen molar-refractivity contribution in [2.75, 3.05) is 17.8 Å². The molecule has 1 atom stereocenters. The van der Waals surface area contributed by atoms with Gasteiger partial charge in [-0.3, -0.25) is 4.72 Å². The summed E-state index contributed by atoms with van der Waals surface area (Å²) in [6.45, 7) is 11.0. The minimum Gasteiger partial charge on any atom is -0.300 e. The third-order valence-corrected chi connectivity index (χ3v) is 7.45. The van der Waals surface area contributed by atoms with Crippen LogP contribution in [0.2, 0.25) is 0 Å². The summed E-state index contributed by atoms with van der Waals surface area (Å²) >= 11 is 0. The second kappa shape index (κ2) is 11.3. The molecule has 0 radical (unpaired) electrons. The predicted octanol–water partition coefficient (Wildman–Crippen LogP) is 6.01. The molecule has 0 saturated heterocycles. The van der Waals surface area contributed by atoms with Crippen LogP contribution in [0.15, 0.2) is 47.4 Å². The smallest absolute Gasteiger partial charge is 0.261 e. The Kier molecular flexibility index (Phi) is 9.41. The maximum absolute atomic E-state index is 12.8. The predicted molar refractivity (Wildman–Crippen MR) is 133 cm³/mol. The maximum Gasteiger partial charge on any atom is 0.261 e. The van der Waals surface area contributed by atoms with Gasteiger partial charge < -0.3 is 4.90 Å². The standard InChI is InChI=1S/C25H36N2O2S.ClH/c1-5-15-27(16-6-2)24-12-8-21-17-23(11-7-22(21)18-24)26-30(28,29)25-13-9-20(10-14-25)19(3)4;/h7,9-11,13-14,17,19,24,26H,5-6,8,12,15-16,18H2,1-4H3;1H/t24-;/m0./s1. The SMILES string of the molecule is CCCN(CCC)[C@H]1CCc2cc(NS(=O)(=O)c3ccc(C(C)C)cc3)ccc2C1.Cl. The highest BCUT2D eigenvalue weighted by atomic mass is 35.5. The third kappa shape index (κ3) is 6.47. The zero-order valence-electron chi connectivity index (χ0n) is 19.2. The van der Waals surface area contributed by atoms with Crippen molar-refractivity contribution in [1.29, 1.82) is 0 Å². The molecule has 1 N–H and O–H groups in total. The van der Waals surface area contributed by atoms with Gasteiger partial charge in [-0.15, -0.1) is 12.4 Å². The molecule has 0 saturated carbocycles. The summed E-state index contributed by atoms with van der Waals surface area (Å²) in [6, 6.07) is 13.8. The number of nitrogens with one attached hydrogen (secondary N) is 1. The number of benzene rings is 2. The summed E-state index contributed by atoms with van der Waals surface area (Å²) in [5.41, 5.74) is 4.42. The van der Waals surface area contributed by atoms with Gasteiger partial charge in [0.05, 0.1) is 4.90 Å². The van der Waals surface area contributed by atoms with Crippen LogP contribution in [0.4, 0.5) is 5.69 Å². The number of hydrogen-bond acceptors (Lipinski definition) is 3. The Hall–Kier alpha value is -1.56. The molecule has 0 amide bonds. The van der Waals surface area contributed by atoms with Crippen molar-refractivity contribution in [2.45, 2.75) is 76.7 Å². The number of nitrogens with zero attached hydrogens (tertiary/aromatic N) is 1. The fraction of sp³-hybridized carbons (Fsp3) is 0.520. The Morgan fingerprint density at radius 2 is 1.65 bits per heavy atom. The quantitative estimate of drug-likeness (QED) is 0.494. The molecule has 0 aromatic heterocycles. The Bertz CT molecular complexity index is 936. The third-order valence-electron chi connectivity index (χ3n) is 6.06. The zero-order chi connectivity index (χ0) is 21.7. The van der Waals surface area contributed by atoms with E-state index in [0.29, 0.717) is 22.5 Å². The average Bonchev–Trinajstić information content (AvgIpc) is 2.73. The number of sulfonamides is 1. The fourth-order valence-corrected chi connectivity index (χ4v) is 5.46. The van der Waals surface area contributed by atoms with E-state index in [1.165, 1.54) is 24.0 Å².